The molecule has 1 heterocycles. The molecule has 0 amide bonds. The van der Waals surface area contributed by atoms with Crippen molar-refractivity contribution in [2.75, 3.05) is 5.01 Å². The molecule has 1 aliphatic heterocycles. The van der Waals surface area contributed by atoms with Gasteiger partial charge in [-0.3, -0.25) is 0 Å². The Labute approximate surface area is 135 Å². The Kier molecular flexibility index (Phi) is 3.49. The number of nitrogens with zero attached hydrogens (tertiary/aromatic N) is 2. The third-order valence-electron chi connectivity index (χ3n) is 3.85. The summed E-state index contributed by atoms with van der Waals surface area (Å²) in [5, 5.41) is 8.86. The van der Waals surface area contributed by atoms with Crippen LogP contribution in [0.3, 0.4) is 0 Å². The molecule has 0 N–H and O–H groups in total. The first-order chi connectivity index (χ1) is 11.4. The minimum Gasteiger partial charge on any atom is -0.240 e. The number of allylic oxidation sites excluding steroid dienone is 1. The molecule has 0 spiro atoms. The van der Waals surface area contributed by atoms with Crippen LogP contribution in [0.1, 0.15) is 5.56 Å². The molecular formula is C21H16N2. The lowest BCUT2D eigenvalue weighted by Gasteiger charge is -2.15. The van der Waals surface area contributed by atoms with Crippen molar-refractivity contribution in [2.45, 2.75) is 0 Å². The lowest BCUT2D eigenvalue weighted by Crippen LogP contribution is -2.26. The van der Waals surface area contributed by atoms with Gasteiger partial charge >= 0.3 is 0 Å². The van der Waals surface area contributed by atoms with Gasteiger partial charge in [0.05, 0.1) is 11.0 Å². The van der Waals surface area contributed by atoms with E-state index < -0.39 is 0 Å². The Morgan fingerprint density at radius 3 is 2.09 bits per heavy atom. The van der Waals surface area contributed by atoms with Crippen molar-refractivity contribution in [3.63, 3.8) is 0 Å². The van der Waals surface area contributed by atoms with Gasteiger partial charge in [-0.05, 0) is 29.8 Å². The highest BCUT2D eigenvalue weighted by Gasteiger charge is 2.08. The highest BCUT2D eigenvalue weighted by Crippen LogP contribution is 2.21. The zero-order valence-electron chi connectivity index (χ0n) is 12.6. The highest BCUT2D eigenvalue weighted by atomic mass is 15.4. The van der Waals surface area contributed by atoms with Gasteiger partial charge in [-0.2, -0.15) is 5.10 Å². The fourth-order valence-corrected chi connectivity index (χ4v) is 2.68. The molecule has 0 saturated carbocycles. The van der Waals surface area contributed by atoms with Crippen LogP contribution in [0.15, 0.2) is 96.2 Å². The summed E-state index contributed by atoms with van der Waals surface area (Å²) in [4.78, 5) is 0. The number of hydrogen-bond acceptors (Lipinski definition) is 2. The van der Waals surface area contributed by atoms with Gasteiger partial charge in [0.15, 0.2) is 0 Å². The normalized spacial score (nSPS) is 13.2. The Balaban J connectivity index is 1.94. The fraction of sp³-hybridized carbons (Fsp3) is 0. The van der Waals surface area contributed by atoms with E-state index in [1.54, 1.807) is 0 Å². The van der Waals surface area contributed by atoms with Gasteiger partial charge in [0, 0.05) is 17.0 Å². The van der Waals surface area contributed by atoms with Gasteiger partial charge < -0.3 is 0 Å². The van der Waals surface area contributed by atoms with Crippen LogP contribution >= 0.6 is 0 Å². The van der Waals surface area contributed by atoms with E-state index in [0.29, 0.717) is 0 Å². The second-order valence-corrected chi connectivity index (χ2v) is 5.43. The minimum atomic E-state index is 0.971. The van der Waals surface area contributed by atoms with Crippen LogP contribution < -0.4 is 15.6 Å². The summed E-state index contributed by atoms with van der Waals surface area (Å²) < 4.78 is 0. The molecule has 0 bridgehead atoms. The molecular weight excluding hydrogens is 280 g/mol. The molecule has 3 aromatic carbocycles. The molecule has 4 rings (SSSR count). The maximum absolute atomic E-state index is 4.81. The molecule has 0 aliphatic carbocycles. The maximum atomic E-state index is 4.81. The largest absolute Gasteiger partial charge is 0.240 e. The van der Waals surface area contributed by atoms with Crippen LogP contribution in [0.2, 0.25) is 0 Å². The zero-order chi connectivity index (χ0) is 15.5. The van der Waals surface area contributed by atoms with Crippen molar-refractivity contribution >= 4 is 17.3 Å². The second kappa shape index (κ2) is 5.93. The van der Waals surface area contributed by atoms with Gasteiger partial charge in [-0.25, -0.2) is 5.01 Å². The van der Waals surface area contributed by atoms with Gasteiger partial charge in [-0.15, -0.1) is 0 Å². The molecule has 2 heteroatoms. The predicted octanol–water partition coefficient (Wildman–Crippen LogP) is 3.56. The Morgan fingerprint density at radius 2 is 1.30 bits per heavy atom. The van der Waals surface area contributed by atoms with E-state index in [2.05, 4.69) is 54.7 Å². The summed E-state index contributed by atoms with van der Waals surface area (Å²) in [5.41, 5.74) is 3.37. The van der Waals surface area contributed by atoms with Crippen LogP contribution in [-0.4, -0.2) is 0 Å². The summed E-state index contributed by atoms with van der Waals surface area (Å²) in [6, 6.07) is 28.8. The molecule has 110 valence electrons. The molecule has 0 fully saturated rings. The van der Waals surface area contributed by atoms with Crippen molar-refractivity contribution in [3.05, 3.63) is 107 Å². The van der Waals surface area contributed by atoms with E-state index in [0.717, 1.165) is 21.8 Å². The number of fused-ring (bicyclic) bond motifs is 1. The van der Waals surface area contributed by atoms with Crippen LogP contribution in [0, 0.1) is 0 Å². The second-order valence-electron chi connectivity index (χ2n) is 5.43. The third kappa shape index (κ3) is 2.79. The monoisotopic (exact) mass is 296 g/mol. The lowest BCUT2D eigenvalue weighted by molar-refractivity contribution is 1.02. The van der Waals surface area contributed by atoms with E-state index in [1.165, 1.54) is 5.56 Å². The van der Waals surface area contributed by atoms with Crippen molar-refractivity contribution < 1.29 is 0 Å². The van der Waals surface area contributed by atoms with E-state index in [-0.39, 0.29) is 0 Å². The SMILES string of the molecule is C1=C(c2ccccc2)C=c2ccccc2=NN1c1ccccc1. The van der Waals surface area contributed by atoms with Crippen molar-refractivity contribution in [1.29, 1.82) is 0 Å². The number of hydrogen-bond donors (Lipinski definition) is 0. The molecule has 0 saturated heterocycles. The lowest BCUT2D eigenvalue weighted by atomic mass is 10.1. The number of para-hydroxylation sites is 1. The maximum Gasteiger partial charge on any atom is 0.0912 e. The molecule has 3 aromatic rings. The van der Waals surface area contributed by atoms with Crippen LogP contribution in [0.5, 0.6) is 0 Å². The van der Waals surface area contributed by atoms with Crippen LogP contribution in [0.25, 0.3) is 11.6 Å². The summed E-state index contributed by atoms with van der Waals surface area (Å²) in [6.07, 6.45) is 4.28. The topological polar surface area (TPSA) is 15.6 Å². The Morgan fingerprint density at radius 1 is 0.652 bits per heavy atom. The fourth-order valence-electron chi connectivity index (χ4n) is 2.68. The minimum absolute atomic E-state index is 0.971. The van der Waals surface area contributed by atoms with E-state index >= 15 is 0 Å². The predicted molar refractivity (Wildman–Crippen MR) is 95.0 cm³/mol. The molecule has 0 atom stereocenters. The first-order valence-electron chi connectivity index (χ1n) is 7.67. The summed E-state index contributed by atoms with van der Waals surface area (Å²) in [7, 11) is 0. The first kappa shape index (κ1) is 13.5. The highest BCUT2D eigenvalue weighted by molar-refractivity contribution is 5.89. The van der Waals surface area contributed by atoms with Gasteiger partial charge in [0.1, 0.15) is 0 Å². The van der Waals surface area contributed by atoms with Crippen molar-refractivity contribution in [1.82, 2.24) is 0 Å². The van der Waals surface area contributed by atoms with E-state index in [1.807, 2.05) is 47.5 Å². The first-order valence-corrected chi connectivity index (χ1v) is 7.67. The molecule has 2 nitrogen and oxygen atoms in total. The van der Waals surface area contributed by atoms with Crippen LogP contribution in [0.4, 0.5) is 5.69 Å². The summed E-state index contributed by atoms with van der Waals surface area (Å²) in [6.45, 7) is 0. The van der Waals surface area contributed by atoms with Gasteiger partial charge in [0.2, 0.25) is 0 Å². The summed E-state index contributed by atoms with van der Waals surface area (Å²) in [5.74, 6) is 0. The average molecular weight is 296 g/mol. The molecule has 23 heavy (non-hydrogen) atoms. The number of benzene rings is 3. The van der Waals surface area contributed by atoms with Crippen molar-refractivity contribution in [2.24, 2.45) is 5.10 Å². The van der Waals surface area contributed by atoms with Gasteiger partial charge in [-0.1, -0.05) is 66.7 Å². The average Bonchev–Trinajstić information content (AvgIpc) is 2.83. The quantitative estimate of drug-likeness (QED) is 0.706. The van der Waals surface area contributed by atoms with E-state index in [4.69, 9.17) is 5.10 Å². The van der Waals surface area contributed by atoms with Crippen molar-refractivity contribution in [3.8, 4) is 0 Å². The Hall–Kier alpha value is -3.13. The zero-order valence-corrected chi connectivity index (χ0v) is 12.6. The summed E-state index contributed by atoms with van der Waals surface area (Å²) >= 11 is 0. The standard InChI is InChI=1S/C21H16N2/c1-3-9-17(10-4-1)19-15-18-11-7-8-14-21(18)22-23(16-19)20-12-5-2-6-13-20/h1-16H. The number of anilines is 1. The molecule has 0 unspecified atom stereocenters. The molecule has 1 aliphatic rings. The van der Waals surface area contributed by atoms with Crippen LogP contribution in [-0.2, 0) is 0 Å². The Bertz CT molecular complexity index is 957. The number of rotatable bonds is 2. The smallest absolute Gasteiger partial charge is 0.0912 e. The third-order valence-corrected chi connectivity index (χ3v) is 3.85. The molecule has 0 aromatic heterocycles. The van der Waals surface area contributed by atoms with E-state index in [9.17, 15) is 0 Å². The molecule has 0 radical (unpaired) electrons. The van der Waals surface area contributed by atoms with Gasteiger partial charge in [0.25, 0.3) is 0 Å².